The van der Waals surface area contributed by atoms with Crippen molar-refractivity contribution in [1.82, 2.24) is 5.16 Å². The standard InChI is InChI=1S/C9H7NO3S.Na/c11-14(12)8-3-1-2-7(6-8)9-4-5-10-13-9;/h1-6H,(H,11,12);/q;+1/p-1. The Morgan fingerprint density at radius 2 is 2.13 bits per heavy atom. The van der Waals surface area contributed by atoms with Gasteiger partial charge in [-0.3, -0.25) is 4.21 Å². The Hall–Kier alpha value is -0.460. The van der Waals surface area contributed by atoms with E-state index in [0.29, 0.717) is 11.3 Å². The quantitative estimate of drug-likeness (QED) is 0.470. The van der Waals surface area contributed by atoms with Crippen LogP contribution in [0.5, 0.6) is 0 Å². The Kier molecular flexibility index (Phi) is 4.69. The van der Waals surface area contributed by atoms with Gasteiger partial charge in [0, 0.05) is 16.5 Å². The monoisotopic (exact) mass is 231 g/mol. The van der Waals surface area contributed by atoms with Crippen LogP contribution in [0.25, 0.3) is 11.3 Å². The number of hydrogen-bond acceptors (Lipinski definition) is 4. The molecule has 6 heteroatoms. The average Bonchev–Trinajstić information content (AvgIpc) is 2.71. The van der Waals surface area contributed by atoms with Gasteiger partial charge in [0.15, 0.2) is 5.76 Å². The molecule has 0 radical (unpaired) electrons. The summed E-state index contributed by atoms with van der Waals surface area (Å²) in [5.74, 6) is 0.553. The van der Waals surface area contributed by atoms with E-state index >= 15 is 0 Å². The Balaban J connectivity index is 0.00000112. The van der Waals surface area contributed by atoms with Gasteiger partial charge in [-0.15, -0.1) is 0 Å². The average molecular weight is 231 g/mol. The predicted octanol–water partition coefficient (Wildman–Crippen LogP) is -1.42. The number of rotatable bonds is 2. The van der Waals surface area contributed by atoms with Crippen molar-refractivity contribution in [3.63, 3.8) is 0 Å². The van der Waals surface area contributed by atoms with Crippen molar-refractivity contribution < 1.29 is 42.8 Å². The Morgan fingerprint density at radius 3 is 2.73 bits per heavy atom. The third kappa shape index (κ3) is 2.99. The fourth-order valence-electron chi connectivity index (χ4n) is 1.12. The minimum absolute atomic E-state index is 0. The van der Waals surface area contributed by atoms with Gasteiger partial charge in [-0.1, -0.05) is 17.3 Å². The first-order chi connectivity index (χ1) is 6.77. The van der Waals surface area contributed by atoms with Crippen molar-refractivity contribution in [2.75, 3.05) is 0 Å². The summed E-state index contributed by atoms with van der Waals surface area (Å²) >= 11 is -2.21. The Bertz CT molecular complexity index is 458. The molecule has 1 atom stereocenters. The SMILES string of the molecule is O=S([O-])c1cccc(-c2ccno2)c1.[Na+]. The molecule has 0 spiro atoms. The van der Waals surface area contributed by atoms with Gasteiger partial charge in [-0.25, -0.2) is 0 Å². The minimum Gasteiger partial charge on any atom is -0.768 e. The van der Waals surface area contributed by atoms with Crippen LogP contribution in [-0.4, -0.2) is 13.9 Å². The van der Waals surface area contributed by atoms with Gasteiger partial charge in [-0.05, 0) is 23.2 Å². The molecule has 4 nitrogen and oxygen atoms in total. The van der Waals surface area contributed by atoms with Gasteiger partial charge in [0.1, 0.15) is 0 Å². The number of hydrogen-bond donors (Lipinski definition) is 0. The van der Waals surface area contributed by atoms with Crippen molar-refractivity contribution in [2.24, 2.45) is 0 Å². The van der Waals surface area contributed by atoms with E-state index in [1.54, 1.807) is 18.2 Å². The van der Waals surface area contributed by atoms with Gasteiger partial charge in [-0.2, -0.15) is 0 Å². The van der Waals surface area contributed by atoms with E-state index in [0.717, 1.165) is 0 Å². The molecule has 2 rings (SSSR count). The molecule has 72 valence electrons. The van der Waals surface area contributed by atoms with Crippen LogP contribution >= 0.6 is 0 Å². The predicted molar refractivity (Wildman–Crippen MR) is 49.1 cm³/mol. The second-order valence-electron chi connectivity index (χ2n) is 2.64. The summed E-state index contributed by atoms with van der Waals surface area (Å²) < 4.78 is 26.3. The third-order valence-electron chi connectivity index (χ3n) is 1.75. The summed E-state index contributed by atoms with van der Waals surface area (Å²) in [5.41, 5.74) is 0.698. The minimum atomic E-state index is -2.21. The number of nitrogens with zero attached hydrogens (tertiary/aromatic N) is 1. The Labute approximate surface area is 111 Å². The molecule has 0 N–H and O–H groups in total. The molecular formula is C9H6NNaO3S. The van der Waals surface area contributed by atoms with Crippen LogP contribution in [-0.2, 0) is 11.1 Å². The third-order valence-corrected chi connectivity index (χ3v) is 2.39. The van der Waals surface area contributed by atoms with E-state index in [1.165, 1.54) is 18.3 Å². The second kappa shape index (κ2) is 5.58. The van der Waals surface area contributed by atoms with Crippen LogP contribution < -0.4 is 29.6 Å². The molecule has 2 aromatic rings. The van der Waals surface area contributed by atoms with Crippen molar-refractivity contribution in [3.05, 3.63) is 36.5 Å². The molecule has 0 aliphatic carbocycles. The zero-order chi connectivity index (χ0) is 9.97. The van der Waals surface area contributed by atoms with Gasteiger partial charge in [0.05, 0.1) is 6.20 Å². The molecule has 0 amide bonds. The van der Waals surface area contributed by atoms with Crippen molar-refractivity contribution in [1.29, 1.82) is 0 Å². The molecule has 0 fully saturated rings. The summed E-state index contributed by atoms with van der Waals surface area (Å²) in [5, 5.41) is 3.54. The number of aromatic nitrogens is 1. The van der Waals surface area contributed by atoms with E-state index in [9.17, 15) is 8.76 Å². The summed E-state index contributed by atoms with van der Waals surface area (Å²) in [6.45, 7) is 0. The normalized spacial score (nSPS) is 11.8. The van der Waals surface area contributed by atoms with E-state index in [2.05, 4.69) is 5.16 Å². The van der Waals surface area contributed by atoms with Crippen molar-refractivity contribution in [2.45, 2.75) is 4.90 Å². The molecule has 1 aromatic heterocycles. The molecule has 0 aliphatic heterocycles. The zero-order valence-electron chi connectivity index (χ0n) is 8.04. The topological polar surface area (TPSA) is 66.2 Å². The molecule has 1 aromatic carbocycles. The van der Waals surface area contributed by atoms with Crippen LogP contribution in [0.4, 0.5) is 0 Å². The van der Waals surface area contributed by atoms with Gasteiger partial charge < -0.3 is 9.08 Å². The maximum atomic E-state index is 10.7. The van der Waals surface area contributed by atoms with E-state index in [-0.39, 0.29) is 34.5 Å². The largest absolute Gasteiger partial charge is 1.00 e. The zero-order valence-corrected chi connectivity index (χ0v) is 10.9. The first-order valence-electron chi connectivity index (χ1n) is 3.88. The van der Waals surface area contributed by atoms with Crippen LogP contribution in [0.2, 0.25) is 0 Å². The van der Waals surface area contributed by atoms with E-state index in [4.69, 9.17) is 4.52 Å². The van der Waals surface area contributed by atoms with E-state index < -0.39 is 11.1 Å². The fraction of sp³-hybridized carbons (Fsp3) is 0. The first kappa shape index (κ1) is 12.6. The van der Waals surface area contributed by atoms with Crippen LogP contribution in [0.1, 0.15) is 0 Å². The number of benzene rings is 1. The smallest absolute Gasteiger partial charge is 0.768 e. The molecule has 0 saturated heterocycles. The first-order valence-corrected chi connectivity index (χ1v) is 4.95. The molecule has 1 heterocycles. The maximum absolute atomic E-state index is 10.7. The summed E-state index contributed by atoms with van der Waals surface area (Å²) in [6.07, 6.45) is 1.51. The molecule has 0 bridgehead atoms. The van der Waals surface area contributed by atoms with E-state index in [1.807, 2.05) is 0 Å². The molecule has 1 unspecified atom stereocenters. The van der Waals surface area contributed by atoms with Crippen LogP contribution in [0, 0.1) is 0 Å². The maximum Gasteiger partial charge on any atom is 1.00 e. The fourth-order valence-corrected chi connectivity index (χ4v) is 1.53. The van der Waals surface area contributed by atoms with Crippen LogP contribution in [0.15, 0.2) is 45.9 Å². The molecule has 0 saturated carbocycles. The Morgan fingerprint density at radius 1 is 1.33 bits per heavy atom. The molecule has 15 heavy (non-hydrogen) atoms. The summed E-state index contributed by atoms with van der Waals surface area (Å²) in [7, 11) is 0. The van der Waals surface area contributed by atoms with Crippen molar-refractivity contribution >= 4 is 11.1 Å². The van der Waals surface area contributed by atoms with Gasteiger partial charge in [0.25, 0.3) is 0 Å². The second-order valence-corrected chi connectivity index (χ2v) is 3.58. The molecular weight excluding hydrogens is 225 g/mol. The van der Waals surface area contributed by atoms with Crippen LogP contribution in [0.3, 0.4) is 0 Å². The molecule has 0 aliphatic rings. The summed E-state index contributed by atoms with van der Waals surface area (Å²) in [6, 6.07) is 8.14. The van der Waals surface area contributed by atoms with Gasteiger partial charge in [0.2, 0.25) is 0 Å². The summed E-state index contributed by atoms with van der Waals surface area (Å²) in [4.78, 5) is 0.235. The van der Waals surface area contributed by atoms with Gasteiger partial charge >= 0.3 is 29.6 Å². The van der Waals surface area contributed by atoms with Crippen molar-refractivity contribution in [3.8, 4) is 11.3 Å².